The molecule has 1 N–H and O–H groups in total. The molecule has 0 atom stereocenters. The van der Waals surface area contributed by atoms with Crippen LogP contribution in [0.2, 0.25) is 0 Å². The predicted molar refractivity (Wildman–Crippen MR) is 120 cm³/mol. The Balaban J connectivity index is 1.77. The van der Waals surface area contributed by atoms with E-state index in [1.807, 2.05) is 67.8 Å². The summed E-state index contributed by atoms with van der Waals surface area (Å²) in [5.74, 6) is -0.173. The molecule has 7 heteroatoms. The summed E-state index contributed by atoms with van der Waals surface area (Å²) >= 11 is 5.27. The lowest BCUT2D eigenvalue weighted by Gasteiger charge is -2.29. The first-order chi connectivity index (χ1) is 14.4. The number of pyridine rings is 1. The highest BCUT2D eigenvalue weighted by Gasteiger charge is 2.34. The average molecular weight is 417 g/mol. The van der Waals surface area contributed by atoms with Crippen molar-refractivity contribution >= 4 is 40.9 Å². The van der Waals surface area contributed by atoms with Crippen LogP contribution >= 0.6 is 12.2 Å². The van der Waals surface area contributed by atoms with Crippen molar-refractivity contribution in [1.82, 2.24) is 14.9 Å². The molecule has 150 valence electrons. The summed E-state index contributed by atoms with van der Waals surface area (Å²) in [6, 6.07) is 15.0. The first-order valence-corrected chi connectivity index (χ1v) is 9.86. The highest BCUT2D eigenvalue weighted by molar-refractivity contribution is 7.80. The lowest BCUT2D eigenvalue weighted by Crippen LogP contribution is -2.54. The monoisotopic (exact) mass is 416 g/mol. The molecule has 3 heterocycles. The molecule has 0 spiro atoms. The molecule has 0 saturated carbocycles. The van der Waals surface area contributed by atoms with E-state index in [-0.39, 0.29) is 10.7 Å². The molecule has 2 aromatic heterocycles. The van der Waals surface area contributed by atoms with E-state index in [0.29, 0.717) is 5.69 Å². The summed E-state index contributed by atoms with van der Waals surface area (Å²) in [5, 5.41) is 2.71. The number of carbonyl (C=O) groups is 2. The number of benzene rings is 1. The van der Waals surface area contributed by atoms with Gasteiger partial charge in [-0.15, -0.1) is 0 Å². The third-order valence-corrected chi connectivity index (χ3v) is 5.29. The maximum absolute atomic E-state index is 13.2. The molecule has 1 aliphatic rings. The molecule has 0 radical (unpaired) electrons. The fourth-order valence-electron chi connectivity index (χ4n) is 3.59. The van der Waals surface area contributed by atoms with Gasteiger partial charge in [0.2, 0.25) is 0 Å². The van der Waals surface area contributed by atoms with Gasteiger partial charge in [0.1, 0.15) is 11.4 Å². The van der Waals surface area contributed by atoms with Crippen molar-refractivity contribution < 1.29 is 9.59 Å². The largest absolute Gasteiger partial charge is 0.303 e. The number of aromatic nitrogens is 2. The summed E-state index contributed by atoms with van der Waals surface area (Å²) in [7, 11) is 0. The van der Waals surface area contributed by atoms with E-state index in [0.717, 1.165) is 28.3 Å². The van der Waals surface area contributed by atoms with Crippen molar-refractivity contribution in [2.75, 3.05) is 4.90 Å². The van der Waals surface area contributed by atoms with Gasteiger partial charge in [-0.25, -0.2) is 4.98 Å². The molecule has 30 heavy (non-hydrogen) atoms. The van der Waals surface area contributed by atoms with Crippen LogP contribution in [0.3, 0.4) is 0 Å². The molecule has 0 bridgehead atoms. The molecule has 3 aromatic rings. The Morgan fingerprint density at radius 3 is 2.53 bits per heavy atom. The number of thiocarbonyl (C=S) groups is 1. The Morgan fingerprint density at radius 1 is 1.03 bits per heavy atom. The fraction of sp³-hybridized carbons (Fsp3) is 0.130. The van der Waals surface area contributed by atoms with Crippen LogP contribution in [0.1, 0.15) is 22.5 Å². The molecule has 1 fully saturated rings. The third-order valence-electron chi connectivity index (χ3n) is 5.01. The van der Waals surface area contributed by atoms with Gasteiger partial charge in [0.05, 0.1) is 5.69 Å². The lowest BCUT2D eigenvalue weighted by atomic mass is 10.1. The summed E-state index contributed by atoms with van der Waals surface area (Å²) in [6.07, 6.45) is 3.34. The van der Waals surface area contributed by atoms with Crippen molar-refractivity contribution in [1.29, 1.82) is 0 Å². The number of rotatable bonds is 3. The molecular formula is C23H20N4O2S. The van der Waals surface area contributed by atoms with Crippen molar-refractivity contribution in [3.8, 4) is 5.82 Å². The number of aryl methyl sites for hydroxylation is 2. The number of anilines is 1. The number of nitrogens with one attached hydrogen (secondary N) is 1. The van der Waals surface area contributed by atoms with E-state index in [9.17, 15) is 9.59 Å². The van der Waals surface area contributed by atoms with Gasteiger partial charge >= 0.3 is 0 Å². The van der Waals surface area contributed by atoms with E-state index < -0.39 is 11.8 Å². The molecular weight excluding hydrogens is 396 g/mol. The highest BCUT2D eigenvalue weighted by atomic mass is 32.1. The number of carbonyl (C=O) groups excluding carboxylic acids is 2. The Hall–Kier alpha value is -3.58. The van der Waals surface area contributed by atoms with Gasteiger partial charge < -0.3 is 4.57 Å². The van der Waals surface area contributed by atoms with Gasteiger partial charge in [-0.1, -0.05) is 18.2 Å². The third kappa shape index (κ3) is 3.44. The van der Waals surface area contributed by atoms with Crippen LogP contribution in [0, 0.1) is 20.8 Å². The van der Waals surface area contributed by atoms with Crippen molar-refractivity contribution in [3.05, 3.63) is 82.8 Å². The quantitative estimate of drug-likeness (QED) is 0.402. The van der Waals surface area contributed by atoms with E-state index in [4.69, 9.17) is 12.2 Å². The normalized spacial score (nSPS) is 15.6. The average Bonchev–Trinajstić information content (AvgIpc) is 2.99. The number of hydrogen-bond donors (Lipinski definition) is 1. The number of hydrogen-bond acceptors (Lipinski definition) is 4. The summed E-state index contributed by atoms with van der Waals surface area (Å²) in [4.78, 5) is 31.6. The van der Waals surface area contributed by atoms with Gasteiger partial charge in [0, 0.05) is 17.6 Å². The molecule has 0 aliphatic carbocycles. The molecule has 0 unspecified atom stereocenters. The fourth-order valence-corrected chi connectivity index (χ4v) is 3.87. The minimum Gasteiger partial charge on any atom is -0.303 e. The maximum Gasteiger partial charge on any atom is 0.270 e. The summed E-state index contributed by atoms with van der Waals surface area (Å²) in [5.41, 5.74) is 4.25. The maximum atomic E-state index is 13.2. The Kier molecular flexibility index (Phi) is 5.05. The zero-order valence-electron chi connectivity index (χ0n) is 16.8. The highest BCUT2D eigenvalue weighted by Crippen LogP contribution is 2.26. The Bertz CT molecular complexity index is 1210. The molecule has 1 aliphatic heterocycles. The first-order valence-electron chi connectivity index (χ1n) is 9.45. The smallest absolute Gasteiger partial charge is 0.270 e. The van der Waals surface area contributed by atoms with Gasteiger partial charge in [-0.2, -0.15) is 0 Å². The van der Waals surface area contributed by atoms with Gasteiger partial charge in [-0.05, 0) is 80.5 Å². The zero-order chi connectivity index (χ0) is 21.4. The lowest BCUT2D eigenvalue weighted by molar-refractivity contribution is -0.122. The van der Waals surface area contributed by atoms with Gasteiger partial charge in [0.15, 0.2) is 5.11 Å². The molecule has 1 saturated heterocycles. The minimum atomic E-state index is -0.503. The number of nitrogens with zero attached hydrogens (tertiary/aromatic N) is 3. The second-order valence-electron chi connectivity index (χ2n) is 7.15. The second kappa shape index (κ2) is 7.68. The first kappa shape index (κ1) is 19.7. The predicted octanol–water partition coefficient (Wildman–Crippen LogP) is 3.63. The molecule has 6 nitrogen and oxygen atoms in total. The van der Waals surface area contributed by atoms with E-state index in [1.165, 1.54) is 4.90 Å². The van der Waals surface area contributed by atoms with Crippen LogP contribution in [0.15, 0.2) is 60.3 Å². The van der Waals surface area contributed by atoms with Crippen LogP contribution in [-0.4, -0.2) is 26.5 Å². The topological polar surface area (TPSA) is 67.2 Å². The zero-order valence-corrected chi connectivity index (χ0v) is 17.7. The van der Waals surface area contributed by atoms with Crippen LogP contribution in [0.4, 0.5) is 5.69 Å². The second-order valence-corrected chi connectivity index (χ2v) is 7.53. The standard InChI is InChI=1S/C23H20N4O2S/c1-14-7-6-8-18(11-14)27-22(29)19(21(28)25-23(27)30)13-17-12-15(2)26(16(17)3)20-9-4-5-10-24-20/h4-13H,1-3H3,(H,25,28,30)/b19-13+. The van der Waals surface area contributed by atoms with Crippen molar-refractivity contribution in [3.63, 3.8) is 0 Å². The number of amides is 2. The van der Waals surface area contributed by atoms with Crippen LogP contribution in [0.5, 0.6) is 0 Å². The van der Waals surface area contributed by atoms with Crippen molar-refractivity contribution in [2.24, 2.45) is 0 Å². The van der Waals surface area contributed by atoms with Crippen LogP contribution < -0.4 is 10.2 Å². The minimum absolute atomic E-state index is 0.0337. The van der Waals surface area contributed by atoms with Crippen LogP contribution in [-0.2, 0) is 9.59 Å². The van der Waals surface area contributed by atoms with Crippen molar-refractivity contribution in [2.45, 2.75) is 20.8 Å². The van der Waals surface area contributed by atoms with Crippen LogP contribution in [0.25, 0.3) is 11.9 Å². The Morgan fingerprint density at radius 2 is 1.83 bits per heavy atom. The summed E-state index contributed by atoms with van der Waals surface area (Å²) < 4.78 is 1.99. The summed E-state index contributed by atoms with van der Waals surface area (Å²) in [6.45, 7) is 5.83. The van der Waals surface area contributed by atoms with E-state index in [1.54, 1.807) is 18.3 Å². The van der Waals surface area contributed by atoms with E-state index in [2.05, 4.69) is 10.3 Å². The van der Waals surface area contributed by atoms with Gasteiger partial charge in [-0.3, -0.25) is 19.8 Å². The van der Waals surface area contributed by atoms with E-state index >= 15 is 0 Å². The Labute approximate surface area is 179 Å². The molecule has 1 aromatic carbocycles. The molecule has 4 rings (SSSR count). The SMILES string of the molecule is Cc1cccc(N2C(=O)/C(=C/c3cc(C)n(-c4ccccn4)c3C)C(=O)NC2=S)c1. The molecule has 2 amide bonds. The van der Waals surface area contributed by atoms with Gasteiger partial charge in [0.25, 0.3) is 11.8 Å².